The molecule has 140 valence electrons. The van der Waals surface area contributed by atoms with E-state index in [1.807, 2.05) is 0 Å². The minimum absolute atomic E-state index is 0.152. The molecule has 0 aromatic heterocycles. The Morgan fingerprint density at radius 3 is 2.54 bits per heavy atom. The average molecular weight is 377 g/mol. The molecule has 0 spiro atoms. The Labute approximate surface area is 153 Å². The highest BCUT2D eigenvalue weighted by Crippen LogP contribution is 2.11. The van der Waals surface area contributed by atoms with Gasteiger partial charge in [-0.2, -0.15) is 0 Å². The second-order valence-corrected chi connectivity index (χ2v) is 7.50. The van der Waals surface area contributed by atoms with Gasteiger partial charge in [0.25, 0.3) is 0 Å². The second kappa shape index (κ2) is 9.33. The van der Waals surface area contributed by atoms with Crippen LogP contribution in [0.25, 0.3) is 0 Å². The summed E-state index contributed by atoms with van der Waals surface area (Å²) in [4.78, 5) is 12.2. The number of anilines is 1. The molecule has 2 rings (SSSR count). The van der Waals surface area contributed by atoms with Crippen LogP contribution in [-0.2, 0) is 32.5 Å². The molecule has 0 saturated heterocycles. The van der Waals surface area contributed by atoms with Crippen LogP contribution in [0.3, 0.4) is 0 Å². The standard InChI is InChI=1S/C18H23N3O4S/c1-25-10-9-21-26(23,24)17-4-2-3-15(11-17)13-20-18(22)12-14-5-7-16(19)8-6-14/h2-8,11,21H,9-10,12-13,19H2,1H3,(H,20,22). The first-order chi connectivity index (χ1) is 12.4. The summed E-state index contributed by atoms with van der Waals surface area (Å²) >= 11 is 0. The fourth-order valence-corrected chi connectivity index (χ4v) is 3.35. The van der Waals surface area contributed by atoms with Crippen LogP contribution in [-0.4, -0.2) is 34.6 Å². The van der Waals surface area contributed by atoms with Gasteiger partial charge in [0, 0.05) is 25.9 Å². The SMILES string of the molecule is COCCNS(=O)(=O)c1cccc(CNC(=O)Cc2ccc(N)cc2)c1. The summed E-state index contributed by atoms with van der Waals surface area (Å²) in [5.41, 5.74) is 7.82. The van der Waals surface area contributed by atoms with Crippen molar-refractivity contribution in [3.8, 4) is 0 Å². The Morgan fingerprint density at radius 1 is 1.12 bits per heavy atom. The predicted octanol–water partition coefficient (Wildman–Crippen LogP) is 1.05. The van der Waals surface area contributed by atoms with Crippen molar-refractivity contribution in [1.82, 2.24) is 10.0 Å². The zero-order valence-electron chi connectivity index (χ0n) is 14.6. The summed E-state index contributed by atoms with van der Waals surface area (Å²) in [5, 5.41) is 2.79. The van der Waals surface area contributed by atoms with Crippen molar-refractivity contribution in [2.24, 2.45) is 0 Å². The predicted molar refractivity (Wildman–Crippen MR) is 99.9 cm³/mol. The number of nitrogen functional groups attached to an aromatic ring is 1. The number of nitrogens with two attached hydrogens (primary N) is 1. The zero-order chi connectivity index (χ0) is 19.0. The van der Waals surface area contributed by atoms with Gasteiger partial charge in [0.1, 0.15) is 0 Å². The molecule has 2 aromatic carbocycles. The number of carbonyl (C=O) groups excluding carboxylic acids is 1. The highest BCUT2D eigenvalue weighted by atomic mass is 32.2. The van der Waals surface area contributed by atoms with Crippen LogP contribution < -0.4 is 15.8 Å². The summed E-state index contributed by atoms with van der Waals surface area (Å²) in [6.45, 7) is 0.733. The van der Waals surface area contributed by atoms with Gasteiger partial charge in [-0.05, 0) is 35.4 Å². The highest BCUT2D eigenvalue weighted by molar-refractivity contribution is 7.89. The van der Waals surface area contributed by atoms with E-state index in [9.17, 15) is 13.2 Å². The quantitative estimate of drug-likeness (QED) is 0.447. The number of amides is 1. The number of carbonyl (C=O) groups is 1. The van der Waals surface area contributed by atoms with Crippen LogP contribution in [0.2, 0.25) is 0 Å². The van der Waals surface area contributed by atoms with Gasteiger partial charge in [-0.1, -0.05) is 24.3 Å². The monoisotopic (exact) mass is 377 g/mol. The largest absolute Gasteiger partial charge is 0.399 e. The summed E-state index contributed by atoms with van der Waals surface area (Å²) in [6.07, 6.45) is 0.233. The first-order valence-corrected chi connectivity index (χ1v) is 9.57. The van der Waals surface area contributed by atoms with Crippen LogP contribution in [0.15, 0.2) is 53.4 Å². The lowest BCUT2D eigenvalue weighted by Gasteiger charge is -2.09. The van der Waals surface area contributed by atoms with E-state index >= 15 is 0 Å². The van der Waals surface area contributed by atoms with Gasteiger partial charge in [0.05, 0.1) is 17.9 Å². The fourth-order valence-electron chi connectivity index (χ4n) is 2.27. The van der Waals surface area contributed by atoms with Gasteiger partial charge in [0.2, 0.25) is 15.9 Å². The minimum Gasteiger partial charge on any atom is -0.399 e. The third-order valence-electron chi connectivity index (χ3n) is 3.64. The van der Waals surface area contributed by atoms with Gasteiger partial charge in [-0.3, -0.25) is 4.79 Å². The van der Waals surface area contributed by atoms with Crippen molar-refractivity contribution in [3.05, 3.63) is 59.7 Å². The van der Waals surface area contributed by atoms with Crippen LogP contribution in [0.5, 0.6) is 0 Å². The maximum Gasteiger partial charge on any atom is 0.240 e. The molecule has 0 fully saturated rings. The van der Waals surface area contributed by atoms with Crippen molar-refractivity contribution < 1.29 is 17.9 Å². The highest BCUT2D eigenvalue weighted by Gasteiger charge is 2.13. The summed E-state index contributed by atoms with van der Waals surface area (Å²) in [6, 6.07) is 13.5. The second-order valence-electron chi connectivity index (χ2n) is 5.73. The maximum atomic E-state index is 12.2. The molecule has 0 aliphatic rings. The molecule has 0 aliphatic carbocycles. The molecule has 0 atom stereocenters. The molecule has 0 bridgehead atoms. The molecule has 0 saturated carbocycles. The lowest BCUT2D eigenvalue weighted by Crippen LogP contribution is -2.27. The molecule has 26 heavy (non-hydrogen) atoms. The van der Waals surface area contributed by atoms with E-state index in [0.29, 0.717) is 17.9 Å². The molecule has 0 unspecified atom stereocenters. The number of hydrogen-bond donors (Lipinski definition) is 3. The number of hydrogen-bond acceptors (Lipinski definition) is 5. The molecule has 0 heterocycles. The molecule has 1 amide bonds. The molecule has 0 aliphatic heterocycles. The third-order valence-corrected chi connectivity index (χ3v) is 5.10. The Kier molecular flexibility index (Phi) is 7.14. The normalized spacial score (nSPS) is 11.3. The molecule has 2 aromatic rings. The molecule has 8 heteroatoms. The van der Waals surface area contributed by atoms with Gasteiger partial charge in [-0.15, -0.1) is 0 Å². The lowest BCUT2D eigenvalue weighted by molar-refractivity contribution is -0.120. The molecule has 7 nitrogen and oxygen atoms in total. The van der Waals surface area contributed by atoms with E-state index in [4.69, 9.17) is 10.5 Å². The Balaban J connectivity index is 1.93. The first-order valence-electron chi connectivity index (χ1n) is 8.09. The fraction of sp³-hybridized carbons (Fsp3) is 0.278. The number of sulfonamides is 1. The van der Waals surface area contributed by atoms with Gasteiger partial charge in [-0.25, -0.2) is 13.1 Å². The van der Waals surface area contributed by atoms with Crippen molar-refractivity contribution in [3.63, 3.8) is 0 Å². The van der Waals surface area contributed by atoms with Crippen LogP contribution in [0.4, 0.5) is 5.69 Å². The molecular formula is C18H23N3O4S. The maximum absolute atomic E-state index is 12.2. The van der Waals surface area contributed by atoms with Crippen LogP contribution >= 0.6 is 0 Å². The summed E-state index contributed by atoms with van der Waals surface area (Å²) in [5.74, 6) is -0.152. The van der Waals surface area contributed by atoms with Crippen molar-refractivity contribution in [2.75, 3.05) is 26.0 Å². The number of methoxy groups -OCH3 is 1. The van der Waals surface area contributed by atoms with Crippen LogP contribution in [0, 0.1) is 0 Å². The Morgan fingerprint density at radius 2 is 1.85 bits per heavy atom. The zero-order valence-corrected chi connectivity index (χ0v) is 15.4. The first kappa shape index (κ1) is 19.9. The number of rotatable bonds is 9. The Bertz CT molecular complexity index is 836. The topological polar surface area (TPSA) is 111 Å². The van der Waals surface area contributed by atoms with E-state index in [1.165, 1.54) is 13.2 Å². The van der Waals surface area contributed by atoms with Crippen molar-refractivity contribution in [2.45, 2.75) is 17.9 Å². The summed E-state index contributed by atoms with van der Waals surface area (Å²) < 4.78 is 31.7. The average Bonchev–Trinajstić information content (AvgIpc) is 2.62. The van der Waals surface area contributed by atoms with Gasteiger partial charge in [0.15, 0.2) is 0 Å². The van der Waals surface area contributed by atoms with Crippen molar-refractivity contribution in [1.29, 1.82) is 0 Å². The lowest BCUT2D eigenvalue weighted by atomic mass is 10.1. The van der Waals surface area contributed by atoms with Gasteiger partial charge < -0.3 is 15.8 Å². The number of ether oxygens (including phenoxy) is 1. The molecule has 4 N–H and O–H groups in total. The van der Waals surface area contributed by atoms with E-state index in [-0.39, 0.29) is 30.3 Å². The number of benzene rings is 2. The minimum atomic E-state index is -3.60. The van der Waals surface area contributed by atoms with E-state index in [2.05, 4.69) is 10.0 Å². The van der Waals surface area contributed by atoms with Crippen LogP contribution in [0.1, 0.15) is 11.1 Å². The smallest absolute Gasteiger partial charge is 0.240 e. The summed E-state index contributed by atoms with van der Waals surface area (Å²) in [7, 11) is -2.10. The third kappa shape index (κ3) is 6.14. The molecule has 0 radical (unpaired) electrons. The van der Waals surface area contributed by atoms with Gasteiger partial charge >= 0.3 is 0 Å². The Hall–Kier alpha value is -2.42. The molecular weight excluding hydrogens is 354 g/mol. The number of nitrogens with one attached hydrogen (secondary N) is 2. The van der Waals surface area contributed by atoms with E-state index in [1.54, 1.807) is 42.5 Å². The van der Waals surface area contributed by atoms with E-state index < -0.39 is 10.0 Å². The van der Waals surface area contributed by atoms with E-state index in [0.717, 1.165) is 5.56 Å². The van der Waals surface area contributed by atoms with Crippen molar-refractivity contribution >= 4 is 21.6 Å².